The van der Waals surface area contributed by atoms with E-state index in [0.717, 1.165) is 0 Å². The fourth-order valence-corrected chi connectivity index (χ4v) is 24.5. The third kappa shape index (κ3) is 20.6. The van der Waals surface area contributed by atoms with Gasteiger partial charge in [-0.15, -0.1) is 0 Å². The second kappa shape index (κ2) is 39.2. The molecule has 15 aromatic carbocycles. The van der Waals surface area contributed by atoms with E-state index < -0.39 is 39.6 Å². The summed E-state index contributed by atoms with van der Waals surface area (Å²) in [6.07, 6.45) is 0. The number of hydrogen-bond donors (Lipinski definition) is 0. The van der Waals surface area contributed by atoms with Crippen molar-refractivity contribution in [2.75, 3.05) is 0 Å². The first-order valence-electron chi connectivity index (χ1n) is 32.4. The van der Waals surface area contributed by atoms with Crippen LogP contribution in [0.25, 0.3) is 0 Å². The Morgan fingerprint density at radius 3 is 0.188 bits per heavy atom. The van der Waals surface area contributed by atoms with E-state index in [9.17, 15) is 0 Å². The molecule has 0 nitrogen and oxygen atoms in total. The fourth-order valence-electron chi connectivity index (χ4n) is 11.6. The molecule has 0 aliphatic heterocycles. The summed E-state index contributed by atoms with van der Waals surface area (Å²) in [7, 11) is -4.39. The third-order valence-electron chi connectivity index (χ3n) is 15.9. The van der Waals surface area contributed by atoms with E-state index in [-0.39, 0.29) is 20.4 Å². The average Bonchev–Trinajstić information content (AvgIpc) is 1.67. The Labute approximate surface area is 590 Å². The maximum absolute atomic E-state index is 2.24. The summed E-state index contributed by atoms with van der Waals surface area (Å²) in [6, 6.07) is 162. The van der Waals surface area contributed by atoms with Gasteiger partial charge in [0.2, 0.25) is 0 Å². The molecule has 0 atom stereocenters. The molecule has 6 heteroatoms. The van der Waals surface area contributed by atoms with Gasteiger partial charge in [0, 0.05) is 20.4 Å². The summed E-state index contributed by atoms with van der Waals surface area (Å²) in [5, 5.41) is 21.5. The Hall–Kier alpha value is -8.89. The summed E-state index contributed by atoms with van der Waals surface area (Å²) in [6.45, 7) is 0. The molecule has 0 aromatic heterocycles. The minimum absolute atomic E-state index is 0. The molecule has 0 aliphatic carbocycles. The van der Waals surface area contributed by atoms with Crippen molar-refractivity contribution in [1.29, 1.82) is 0 Å². The zero-order valence-electron chi connectivity index (χ0n) is 53.6. The molecule has 0 aliphatic rings. The smallest absolute Gasteiger partial charge is 0.0620 e. The molecule has 15 aromatic rings. The maximum Gasteiger partial charge on any atom is 0.102 e. The normalized spacial score (nSPS) is 10.5. The zero-order valence-corrected chi connectivity index (χ0v) is 60.2. The van der Waals surface area contributed by atoms with Crippen molar-refractivity contribution in [3.63, 3.8) is 0 Å². The van der Waals surface area contributed by atoms with Crippen LogP contribution >= 0.6 is 39.6 Å². The van der Waals surface area contributed by atoms with Gasteiger partial charge in [-0.25, -0.2) is 0 Å². The van der Waals surface area contributed by atoms with Crippen LogP contribution in [-0.4, -0.2) is 0 Å². The molecular formula is C90H80P5Pd+5. The monoisotopic (exact) mass is 1420 g/mol. The van der Waals surface area contributed by atoms with Crippen molar-refractivity contribution < 1.29 is 20.4 Å². The van der Waals surface area contributed by atoms with Gasteiger partial charge in [-0.3, -0.25) is 0 Å². The number of benzene rings is 15. The second-order valence-electron chi connectivity index (χ2n) is 22.4. The van der Waals surface area contributed by atoms with Crippen molar-refractivity contribution in [2.24, 2.45) is 0 Å². The first-order valence-corrected chi connectivity index (χ1v) is 39.9. The molecular weight excluding hydrogens is 1340 g/mol. The van der Waals surface area contributed by atoms with Gasteiger partial charge in [0.05, 0.1) is 39.6 Å². The van der Waals surface area contributed by atoms with Gasteiger partial charge < -0.3 is 0 Å². The van der Waals surface area contributed by atoms with Crippen molar-refractivity contribution in [2.45, 2.75) is 0 Å². The van der Waals surface area contributed by atoms with Gasteiger partial charge in [0.15, 0.2) is 0 Å². The topological polar surface area (TPSA) is 0 Å². The average molecular weight is 1420 g/mol. The van der Waals surface area contributed by atoms with Crippen molar-refractivity contribution in [3.05, 3.63) is 455 Å². The molecule has 0 heterocycles. The molecule has 0 amide bonds. The van der Waals surface area contributed by atoms with Crippen molar-refractivity contribution in [1.82, 2.24) is 0 Å². The Morgan fingerprint density at radius 1 is 0.0833 bits per heavy atom. The maximum atomic E-state index is 2.24. The number of hydrogen-bond acceptors (Lipinski definition) is 0. The molecule has 96 heavy (non-hydrogen) atoms. The van der Waals surface area contributed by atoms with Gasteiger partial charge in [-0.05, 0) is 182 Å². The SMILES string of the molecule is [Pd].c1ccc([PH+](c2ccccc2)c2ccccc2)cc1.c1ccc([PH+](c2ccccc2)c2ccccc2)cc1.c1ccc([PH+](c2ccccc2)c2ccccc2)cc1.c1ccc([PH+](c2ccccc2)c2ccccc2)cc1.c1ccc([PH+](c2ccccc2)c2ccccc2)cc1. The van der Waals surface area contributed by atoms with E-state index in [1.165, 1.54) is 79.6 Å². The molecule has 470 valence electrons. The standard InChI is InChI=1S/5C18H15P.Pd/c5*1-4-10-16(11-5-1)19(17-12-6-2-7-13-17)18-14-8-3-9-15-18;/h5*1-15H;/p+5. The van der Waals surface area contributed by atoms with Gasteiger partial charge in [0.1, 0.15) is 79.6 Å². The molecule has 15 rings (SSSR count). The Balaban J connectivity index is 0.000000130. The molecule has 0 saturated heterocycles. The molecule has 0 saturated carbocycles. The summed E-state index contributed by atoms with van der Waals surface area (Å²) in [5.74, 6) is 0. The Bertz CT molecular complexity index is 3310. The van der Waals surface area contributed by atoms with Gasteiger partial charge in [-0.2, -0.15) is 0 Å². The van der Waals surface area contributed by atoms with E-state index in [4.69, 9.17) is 0 Å². The van der Waals surface area contributed by atoms with E-state index in [1.807, 2.05) is 0 Å². The van der Waals surface area contributed by atoms with Crippen LogP contribution in [0, 0.1) is 0 Å². The van der Waals surface area contributed by atoms with Gasteiger partial charge in [0.25, 0.3) is 0 Å². The molecule has 0 radical (unpaired) electrons. The summed E-state index contributed by atoms with van der Waals surface area (Å²) < 4.78 is 0. The molecule has 0 spiro atoms. The molecule has 0 N–H and O–H groups in total. The summed E-state index contributed by atoms with van der Waals surface area (Å²) >= 11 is 0. The van der Waals surface area contributed by atoms with Gasteiger partial charge in [-0.1, -0.05) is 273 Å². The predicted octanol–water partition coefficient (Wildman–Crippen LogP) is 15.9. The van der Waals surface area contributed by atoms with E-state index >= 15 is 0 Å². The predicted molar refractivity (Wildman–Crippen MR) is 433 cm³/mol. The first kappa shape index (κ1) is 69.9. The number of rotatable bonds is 15. The van der Waals surface area contributed by atoms with Crippen LogP contribution < -0.4 is 79.6 Å². The van der Waals surface area contributed by atoms with E-state index in [2.05, 4.69) is 455 Å². The van der Waals surface area contributed by atoms with Crippen LogP contribution in [0.5, 0.6) is 0 Å². The Kier molecular flexibility index (Phi) is 28.6. The van der Waals surface area contributed by atoms with Crippen LogP contribution in [0.2, 0.25) is 0 Å². The summed E-state index contributed by atoms with van der Waals surface area (Å²) in [4.78, 5) is 0. The summed E-state index contributed by atoms with van der Waals surface area (Å²) in [5.41, 5.74) is 0. The van der Waals surface area contributed by atoms with Crippen molar-refractivity contribution in [3.8, 4) is 0 Å². The third-order valence-corrected chi connectivity index (χ3v) is 29.6. The van der Waals surface area contributed by atoms with Crippen LogP contribution in [-0.2, 0) is 20.4 Å². The second-order valence-corrected chi connectivity index (χ2v) is 34.8. The van der Waals surface area contributed by atoms with Crippen LogP contribution in [0.3, 0.4) is 0 Å². The van der Waals surface area contributed by atoms with Gasteiger partial charge >= 0.3 is 0 Å². The van der Waals surface area contributed by atoms with E-state index in [0.29, 0.717) is 0 Å². The minimum atomic E-state index is -0.877. The Morgan fingerprint density at radius 2 is 0.135 bits per heavy atom. The molecule has 0 bridgehead atoms. The first-order chi connectivity index (χ1) is 47.2. The zero-order chi connectivity index (χ0) is 64.6. The van der Waals surface area contributed by atoms with Crippen LogP contribution in [0.15, 0.2) is 455 Å². The largest absolute Gasteiger partial charge is 0.102 e. The van der Waals surface area contributed by atoms with Crippen LogP contribution in [0.4, 0.5) is 0 Å². The minimum Gasteiger partial charge on any atom is -0.0620 e. The quantitative estimate of drug-likeness (QED) is 0.0709. The van der Waals surface area contributed by atoms with Crippen molar-refractivity contribution >= 4 is 119 Å². The molecule has 0 unspecified atom stereocenters. The molecule has 0 fully saturated rings. The fraction of sp³-hybridized carbons (Fsp3) is 0. The van der Waals surface area contributed by atoms with Crippen LogP contribution in [0.1, 0.15) is 0 Å². The van der Waals surface area contributed by atoms with E-state index in [1.54, 1.807) is 0 Å².